The molecule has 0 fully saturated rings. The van der Waals surface area contributed by atoms with Crippen molar-refractivity contribution < 1.29 is 32.5 Å². The average molecular weight is 458 g/mol. The molecule has 0 saturated heterocycles. The maximum Gasteiger partial charge on any atom is 0.501 e. The van der Waals surface area contributed by atoms with Crippen LogP contribution in [-0.4, -0.2) is 51.9 Å². The SMILES string of the molecule is COc1ccc(NC(=O)C[N+]2=C3C=CSC3C(=O)N(Cc3ccc(F)cc3)C2=O)cc1F. The summed E-state index contributed by atoms with van der Waals surface area (Å²) in [7, 11) is 1.33. The van der Waals surface area contributed by atoms with Crippen LogP contribution in [-0.2, 0) is 16.1 Å². The summed E-state index contributed by atoms with van der Waals surface area (Å²) >= 11 is 1.24. The van der Waals surface area contributed by atoms with Gasteiger partial charge in [0.25, 0.3) is 5.91 Å². The quantitative estimate of drug-likeness (QED) is 0.673. The molecule has 32 heavy (non-hydrogen) atoms. The molecule has 0 spiro atoms. The summed E-state index contributed by atoms with van der Waals surface area (Å²) in [6, 6.07) is 8.78. The molecule has 0 aliphatic carbocycles. The fraction of sp³-hybridized carbons (Fsp3) is 0.182. The van der Waals surface area contributed by atoms with Crippen molar-refractivity contribution in [3.63, 3.8) is 0 Å². The number of amides is 4. The lowest BCUT2D eigenvalue weighted by Crippen LogP contribution is -2.55. The number of imide groups is 1. The lowest BCUT2D eigenvalue weighted by Gasteiger charge is -2.24. The van der Waals surface area contributed by atoms with Crippen molar-refractivity contribution in [2.45, 2.75) is 11.8 Å². The van der Waals surface area contributed by atoms with E-state index >= 15 is 0 Å². The third-order valence-electron chi connectivity index (χ3n) is 4.98. The van der Waals surface area contributed by atoms with Crippen molar-refractivity contribution in [1.29, 1.82) is 0 Å². The number of thioether (sulfide) groups is 1. The summed E-state index contributed by atoms with van der Waals surface area (Å²) in [4.78, 5) is 39.6. The summed E-state index contributed by atoms with van der Waals surface area (Å²) in [5.74, 6) is -1.99. The third-order valence-corrected chi connectivity index (χ3v) is 5.99. The van der Waals surface area contributed by atoms with E-state index in [1.54, 1.807) is 11.5 Å². The minimum Gasteiger partial charge on any atom is -0.494 e. The molecule has 4 amide bonds. The number of rotatable bonds is 6. The molecule has 1 atom stereocenters. The number of anilines is 1. The van der Waals surface area contributed by atoms with Crippen molar-refractivity contribution in [3.8, 4) is 5.75 Å². The summed E-state index contributed by atoms with van der Waals surface area (Å²) in [5, 5.41) is 3.58. The zero-order valence-electron chi connectivity index (χ0n) is 16.9. The predicted molar refractivity (Wildman–Crippen MR) is 115 cm³/mol. The Kier molecular flexibility index (Phi) is 6.04. The van der Waals surface area contributed by atoms with Gasteiger partial charge in [0, 0.05) is 11.8 Å². The first-order valence-electron chi connectivity index (χ1n) is 9.57. The Bertz CT molecular complexity index is 1160. The molecule has 2 aromatic rings. The van der Waals surface area contributed by atoms with E-state index in [1.165, 1.54) is 59.8 Å². The van der Waals surface area contributed by atoms with Gasteiger partial charge in [-0.05, 0) is 41.3 Å². The van der Waals surface area contributed by atoms with Gasteiger partial charge in [-0.1, -0.05) is 12.1 Å². The minimum atomic E-state index is -0.659. The number of allylic oxidation sites excluding steroid dienone is 1. The van der Waals surface area contributed by atoms with Gasteiger partial charge < -0.3 is 10.1 Å². The van der Waals surface area contributed by atoms with Crippen LogP contribution in [0.1, 0.15) is 5.56 Å². The Labute approximate surface area is 186 Å². The first kappa shape index (κ1) is 21.7. The van der Waals surface area contributed by atoms with Gasteiger partial charge in [0.15, 0.2) is 23.4 Å². The number of urea groups is 1. The average Bonchev–Trinajstić information content (AvgIpc) is 3.26. The number of benzene rings is 2. The minimum absolute atomic E-state index is 0.0377. The fourth-order valence-electron chi connectivity index (χ4n) is 3.42. The number of hydrogen-bond acceptors (Lipinski definition) is 5. The van der Waals surface area contributed by atoms with E-state index in [1.807, 2.05) is 0 Å². The second kappa shape index (κ2) is 8.91. The number of carbonyl (C=O) groups is 3. The lowest BCUT2D eigenvalue weighted by atomic mass is 10.1. The Balaban J connectivity index is 1.55. The van der Waals surface area contributed by atoms with Crippen LogP contribution in [0.2, 0.25) is 0 Å². The number of hydrogen-bond donors (Lipinski definition) is 1. The number of fused-ring (bicyclic) bond motifs is 1. The molecule has 10 heteroatoms. The van der Waals surface area contributed by atoms with E-state index in [-0.39, 0.29) is 24.5 Å². The maximum absolute atomic E-state index is 13.9. The molecule has 0 saturated carbocycles. The molecule has 4 rings (SSSR count). The van der Waals surface area contributed by atoms with Crippen molar-refractivity contribution >= 4 is 41.0 Å². The van der Waals surface area contributed by atoms with Gasteiger partial charge in [-0.2, -0.15) is 14.3 Å². The Hall–Kier alpha value is -3.53. The van der Waals surface area contributed by atoms with Crippen molar-refractivity contribution in [2.24, 2.45) is 0 Å². The first-order valence-corrected chi connectivity index (χ1v) is 10.5. The molecule has 2 aliphatic rings. The van der Waals surface area contributed by atoms with Crippen molar-refractivity contribution in [2.75, 3.05) is 19.0 Å². The highest BCUT2D eigenvalue weighted by Crippen LogP contribution is 2.29. The standard InChI is InChI=1S/C22H17F2N3O4S/c1-31-18-7-6-15(10-16(18)24)25-19(28)12-26-17-8-9-32-20(17)21(29)27(22(26)30)11-13-2-4-14(23)5-3-13/h2-10,20H,11-12H2,1H3/p+1. The van der Waals surface area contributed by atoms with Crippen LogP contribution in [0.25, 0.3) is 0 Å². The molecule has 0 bridgehead atoms. The Morgan fingerprint density at radius 2 is 1.94 bits per heavy atom. The lowest BCUT2D eigenvalue weighted by molar-refractivity contribution is -0.426. The van der Waals surface area contributed by atoms with Gasteiger partial charge in [-0.3, -0.25) is 4.79 Å². The van der Waals surface area contributed by atoms with Gasteiger partial charge in [-0.25, -0.2) is 13.6 Å². The number of ether oxygens (including phenoxy) is 1. The molecular weight excluding hydrogens is 440 g/mol. The highest BCUT2D eigenvalue weighted by Gasteiger charge is 2.49. The molecule has 1 unspecified atom stereocenters. The van der Waals surface area contributed by atoms with Crippen LogP contribution in [0.5, 0.6) is 5.75 Å². The highest BCUT2D eigenvalue weighted by molar-refractivity contribution is 8.04. The van der Waals surface area contributed by atoms with Gasteiger partial charge in [0.05, 0.1) is 7.11 Å². The summed E-state index contributed by atoms with van der Waals surface area (Å²) < 4.78 is 33.2. The third kappa shape index (κ3) is 4.26. The van der Waals surface area contributed by atoms with E-state index in [0.717, 1.165) is 11.0 Å². The number of carbonyl (C=O) groups excluding carboxylic acids is 3. The van der Waals surface area contributed by atoms with Crippen LogP contribution in [0.4, 0.5) is 19.3 Å². The monoisotopic (exact) mass is 458 g/mol. The summed E-state index contributed by atoms with van der Waals surface area (Å²) in [5.41, 5.74) is 1.19. The Morgan fingerprint density at radius 1 is 1.19 bits per heavy atom. The first-order chi connectivity index (χ1) is 15.4. The number of methoxy groups -OCH3 is 1. The zero-order valence-corrected chi connectivity index (χ0v) is 17.7. The van der Waals surface area contributed by atoms with Crippen LogP contribution in [0, 0.1) is 11.6 Å². The largest absolute Gasteiger partial charge is 0.501 e. The second-order valence-electron chi connectivity index (χ2n) is 7.06. The van der Waals surface area contributed by atoms with E-state index in [4.69, 9.17) is 4.74 Å². The normalized spacial score (nSPS) is 17.6. The second-order valence-corrected chi connectivity index (χ2v) is 8.08. The molecule has 0 radical (unpaired) electrons. The number of halogens is 2. The Morgan fingerprint density at radius 3 is 2.62 bits per heavy atom. The fourth-order valence-corrected chi connectivity index (χ4v) is 4.38. The van der Waals surface area contributed by atoms with Crippen LogP contribution >= 0.6 is 11.8 Å². The topological polar surface area (TPSA) is 78.7 Å². The van der Waals surface area contributed by atoms with Crippen molar-refractivity contribution in [3.05, 3.63) is 71.1 Å². The highest BCUT2D eigenvalue weighted by atomic mass is 32.2. The molecule has 7 nitrogen and oxygen atoms in total. The molecular formula is C22H18F2N3O4S+. The van der Waals surface area contributed by atoms with Crippen molar-refractivity contribution in [1.82, 2.24) is 4.90 Å². The number of nitrogens with one attached hydrogen (secondary N) is 1. The van der Waals surface area contributed by atoms with E-state index in [0.29, 0.717) is 11.3 Å². The van der Waals surface area contributed by atoms with Gasteiger partial charge in [-0.15, -0.1) is 11.8 Å². The molecule has 2 heterocycles. The smallest absolute Gasteiger partial charge is 0.494 e. The van der Waals surface area contributed by atoms with Gasteiger partial charge in [0.2, 0.25) is 0 Å². The van der Waals surface area contributed by atoms with Crippen LogP contribution < -0.4 is 10.1 Å². The summed E-state index contributed by atoms with van der Waals surface area (Å²) in [6.45, 7) is -0.416. The molecule has 1 N–H and O–H groups in total. The van der Waals surface area contributed by atoms with Gasteiger partial charge in [0.1, 0.15) is 18.1 Å². The molecule has 2 aromatic carbocycles. The molecule has 0 aromatic heterocycles. The van der Waals surface area contributed by atoms with E-state index in [2.05, 4.69) is 5.32 Å². The summed E-state index contributed by atoms with van der Waals surface area (Å²) in [6.07, 6.45) is 1.63. The number of nitrogens with zero attached hydrogens (tertiary/aromatic N) is 2. The maximum atomic E-state index is 13.9. The molecule has 2 aliphatic heterocycles. The van der Waals surface area contributed by atoms with E-state index < -0.39 is 34.7 Å². The molecule has 164 valence electrons. The zero-order chi connectivity index (χ0) is 22.8. The predicted octanol–water partition coefficient (Wildman–Crippen LogP) is 3.16. The van der Waals surface area contributed by atoms with Crippen LogP contribution in [0.15, 0.2) is 53.9 Å². The van der Waals surface area contributed by atoms with Gasteiger partial charge >= 0.3 is 11.9 Å². The van der Waals surface area contributed by atoms with E-state index in [9.17, 15) is 23.2 Å². The van der Waals surface area contributed by atoms with Crippen LogP contribution in [0.3, 0.4) is 0 Å².